The van der Waals surface area contributed by atoms with Crippen LogP contribution < -0.4 is 14.8 Å². The summed E-state index contributed by atoms with van der Waals surface area (Å²) >= 11 is 0. The molecule has 1 aromatic heterocycles. The maximum Gasteiger partial charge on any atom is 0.165 e. The Kier molecular flexibility index (Phi) is 7.76. The largest absolute Gasteiger partial charge is 0.493 e. The van der Waals surface area contributed by atoms with E-state index in [0.717, 1.165) is 42.1 Å². The highest BCUT2D eigenvalue weighted by Gasteiger charge is 2.23. The lowest BCUT2D eigenvalue weighted by Crippen LogP contribution is -2.25. The molecule has 0 aliphatic heterocycles. The fourth-order valence-electron chi connectivity index (χ4n) is 4.00. The van der Waals surface area contributed by atoms with E-state index in [1.807, 2.05) is 12.3 Å². The molecule has 0 saturated heterocycles. The van der Waals surface area contributed by atoms with Gasteiger partial charge in [-0.2, -0.15) is 0 Å². The molecule has 0 bridgehead atoms. The van der Waals surface area contributed by atoms with E-state index in [1.54, 1.807) is 14.2 Å². The lowest BCUT2D eigenvalue weighted by Gasteiger charge is -2.30. The molecule has 0 spiro atoms. The number of rotatable bonds is 9. The first-order valence-corrected chi connectivity index (χ1v) is 10.7. The molecule has 3 rings (SSSR count). The molecule has 5 heteroatoms. The third-order valence-electron chi connectivity index (χ3n) is 5.81. The van der Waals surface area contributed by atoms with Crippen LogP contribution in [0.5, 0.6) is 11.5 Å². The number of aromatic nitrogens is 1. The van der Waals surface area contributed by atoms with E-state index >= 15 is 0 Å². The number of hydrogen-bond donors (Lipinski definition) is 1. The number of ether oxygens (including phenoxy) is 3. The molecule has 1 atom stereocenters. The first-order chi connectivity index (χ1) is 14.1. The van der Waals surface area contributed by atoms with Crippen molar-refractivity contribution >= 4 is 5.69 Å². The Morgan fingerprint density at radius 1 is 1.07 bits per heavy atom. The highest BCUT2D eigenvalue weighted by molar-refractivity contribution is 5.58. The molecular formula is C24H34N2O3. The van der Waals surface area contributed by atoms with E-state index in [9.17, 15) is 0 Å². The van der Waals surface area contributed by atoms with Crippen LogP contribution in [0, 0.1) is 0 Å². The molecule has 1 aliphatic rings. The highest BCUT2D eigenvalue weighted by atomic mass is 16.5. The summed E-state index contributed by atoms with van der Waals surface area (Å²) in [6.45, 7) is 4.70. The summed E-state index contributed by atoms with van der Waals surface area (Å²) in [5, 5.41) is 3.67. The van der Waals surface area contributed by atoms with Gasteiger partial charge in [-0.3, -0.25) is 4.98 Å². The Hall–Kier alpha value is -2.27. The molecule has 1 unspecified atom stereocenters. The topological polar surface area (TPSA) is 52.6 Å². The van der Waals surface area contributed by atoms with E-state index in [4.69, 9.17) is 14.2 Å². The molecule has 0 radical (unpaired) electrons. The Morgan fingerprint density at radius 2 is 1.79 bits per heavy atom. The molecular weight excluding hydrogens is 364 g/mol. The molecule has 1 N–H and O–H groups in total. The fraction of sp³-hybridized carbons (Fsp3) is 0.542. The summed E-state index contributed by atoms with van der Waals surface area (Å²) in [5.41, 5.74) is 3.25. The van der Waals surface area contributed by atoms with E-state index in [0.29, 0.717) is 18.6 Å². The van der Waals surface area contributed by atoms with Crippen LogP contribution in [-0.2, 0) is 11.3 Å². The number of methoxy groups -OCH3 is 2. The smallest absolute Gasteiger partial charge is 0.165 e. The minimum atomic E-state index is 0.261. The zero-order valence-electron chi connectivity index (χ0n) is 18.1. The minimum Gasteiger partial charge on any atom is -0.493 e. The van der Waals surface area contributed by atoms with E-state index in [2.05, 4.69) is 48.4 Å². The Morgan fingerprint density at radius 3 is 2.41 bits per heavy atom. The summed E-state index contributed by atoms with van der Waals surface area (Å²) in [6.07, 6.45) is 7.74. The molecule has 0 amide bonds. The average molecular weight is 399 g/mol. The van der Waals surface area contributed by atoms with Crippen LogP contribution in [0.25, 0.3) is 0 Å². The maximum absolute atomic E-state index is 5.90. The van der Waals surface area contributed by atoms with Crippen LogP contribution in [-0.4, -0.2) is 31.3 Å². The second kappa shape index (κ2) is 10.5. The average Bonchev–Trinajstić information content (AvgIpc) is 2.75. The molecule has 1 saturated carbocycles. The second-order valence-electron chi connectivity index (χ2n) is 7.87. The van der Waals surface area contributed by atoms with E-state index in [-0.39, 0.29) is 6.10 Å². The van der Waals surface area contributed by atoms with Gasteiger partial charge in [-0.1, -0.05) is 19.1 Å². The molecule has 1 fully saturated rings. The van der Waals surface area contributed by atoms with Crippen LogP contribution in [0.1, 0.15) is 63.1 Å². The van der Waals surface area contributed by atoms with Gasteiger partial charge in [0.25, 0.3) is 0 Å². The molecule has 1 aliphatic carbocycles. The Balaban J connectivity index is 1.56. The zero-order chi connectivity index (χ0) is 20.6. The van der Waals surface area contributed by atoms with Crippen LogP contribution in [0.3, 0.4) is 0 Å². The van der Waals surface area contributed by atoms with Crippen molar-refractivity contribution in [2.45, 2.75) is 70.6 Å². The van der Waals surface area contributed by atoms with Crippen molar-refractivity contribution in [3.63, 3.8) is 0 Å². The first kappa shape index (κ1) is 21.4. The van der Waals surface area contributed by atoms with E-state index < -0.39 is 0 Å². The molecule has 158 valence electrons. The summed E-state index contributed by atoms with van der Waals surface area (Å²) in [6, 6.07) is 11.1. The number of nitrogens with one attached hydrogen (secondary N) is 1. The Labute approximate surface area is 174 Å². The van der Waals surface area contributed by atoms with Crippen molar-refractivity contribution in [3.8, 4) is 11.5 Å². The van der Waals surface area contributed by atoms with Crippen LogP contribution in [0.2, 0.25) is 0 Å². The fourth-order valence-corrected chi connectivity index (χ4v) is 4.00. The van der Waals surface area contributed by atoms with Gasteiger partial charge >= 0.3 is 0 Å². The van der Waals surface area contributed by atoms with Crippen molar-refractivity contribution in [1.29, 1.82) is 0 Å². The van der Waals surface area contributed by atoms with Gasteiger partial charge in [-0.15, -0.1) is 0 Å². The SMILES string of the molecule is CCC(C)Oc1ccc(C2CCC(Nc3ccnc(COC)c3OC)CC2)cc1. The molecule has 29 heavy (non-hydrogen) atoms. The van der Waals surface area contributed by atoms with Crippen LogP contribution in [0.4, 0.5) is 5.69 Å². The third kappa shape index (κ3) is 5.63. The van der Waals surface area contributed by atoms with Crippen molar-refractivity contribution in [2.75, 3.05) is 19.5 Å². The van der Waals surface area contributed by atoms with Gasteiger partial charge in [-0.25, -0.2) is 0 Å². The Bertz CT molecular complexity index is 755. The lowest BCUT2D eigenvalue weighted by atomic mass is 9.81. The minimum absolute atomic E-state index is 0.261. The third-order valence-corrected chi connectivity index (χ3v) is 5.81. The number of benzene rings is 1. The number of anilines is 1. The summed E-state index contributed by atoms with van der Waals surface area (Å²) in [4.78, 5) is 4.37. The van der Waals surface area contributed by atoms with Crippen molar-refractivity contribution in [1.82, 2.24) is 4.98 Å². The van der Waals surface area contributed by atoms with Gasteiger partial charge in [0, 0.05) is 19.3 Å². The second-order valence-corrected chi connectivity index (χ2v) is 7.87. The van der Waals surface area contributed by atoms with Crippen molar-refractivity contribution < 1.29 is 14.2 Å². The summed E-state index contributed by atoms with van der Waals surface area (Å²) in [7, 11) is 3.36. The molecule has 1 heterocycles. The van der Waals surface area contributed by atoms with Gasteiger partial charge in [0.05, 0.1) is 25.5 Å². The van der Waals surface area contributed by atoms with Gasteiger partial charge in [0.1, 0.15) is 11.4 Å². The standard InChI is InChI=1S/C24H34N2O3/c1-5-17(2)29-21-12-8-19(9-13-21)18-6-10-20(11-7-18)26-22-14-15-25-23(16-27-3)24(22)28-4/h8-9,12-15,17-18,20H,5-7,10-11,16H2,1-4H3,(H,25,26). The summed E-state index contributed by atoms with van der Waals surface area (Å²) < 4.78 is 16.7. The van der Waals surface area contributed by atoms with Crippen LogP contribution in [0.15, 0.2) is 36.5 Å². The lowest BCUT2D eigenvalue weighted by molar-refractivity contribution is 0.178. The zero-order valence-corrected chi connectivity index (χ0v) is 18.1. The molecule has 2 aromatic rings. The summed E-state index contributed by atoms with van der Waals surface area (Å²) in [5.74, 6) is 2.37. The van der Waals surface area contributed by atoms with Crippen molar-refractivity contribution in [2.24, 2.45) is 0 Å². The normalized spacial score (nSPS) is 20.1. The van der Waals surface area contributed by atoms with Crippen molar-refractivity contribution in [3.05, 3.63) is 47.8 Å². The number of hydrogen-bond acceptors (Lipinski definition) is 5. The quantitative estimate of drug-likeness (QED) is 0.600. The number of nitrogens with zero attached hydrogens (tertiary/aromatic N) is 1. The van der Waals surface area contributed by atoms with Crippen LogP contribution >= 0.6 is 0 Å². The first-order valence-electron chi connectivity index (χ1n) is 10.7. The monoisotopic (exact) mass is 398 g/mol. The predicted octanol–water partition coefficient (Wildman–Crippen LogP) is 5.55. The highest BCUT2D eigenvalue weighted by Crippen LogP contribution is 2.36. The van der Waals surface area contributed by atoms with E-state index in [1.165, 1.54) is 18.4 Å². The van der Waals surface area contributed by atoms with Gasteiger partial charge in [-0.05, 0) is 68.7 Å². The predicted molar refractivity (Wildman–Crippen MR) is 117 cm³/mol. The molecule has 5 nitrogen and oxygen atoms in total. The van der Waals surface area contributed by atoms with Gasteiger partial charge in [0.2, 0.25) is 0 Å². The number of pyridine rings is 1. The molecule has 1 aromatic carbocycles. The van der Waals surface area contributed by atoms with Gasteiger partial charge < -0.3 is 19.5 Å². The van der Waals surface area contributed by atoms with Gasteiger partial charge in [0.15, 0.2) is 5.75 Å². The maximum atomic E-state index is 5.90.